The standard InChI is InChI=1S/C19H16ClN3O3/c1-26-12-23-10-9-17(22-23)19(25)21-16-8-7-14(20)11-15(16)18(24)13-5-3-2-4-6-13/h2-11H,12H2,1H3,(H,21,25). The van der Waals surface area contributed by atoms with Gasteiger partial charge in [-0.3, -0.25) is 9.59 Å². The Bertz CT molecular complexity index is 938. The Morgan fingerprint density at radius 3 is 2.65 bits per heavy atom. The molecule has 7 heteroatoms. The molecule has 2 aromatic carbocycles. The molecule has 0 bridgehead atoms. The van der Waals surface area contributed by atoms with E-state index in [4.69, 9.17) is 16.3 Å². The zero-order valence-electron chi connectivity index (χ0n) is 14.0. The minimum atomic E-state index is -0.427. The fourth-order valence-electron chi connectivity index (χ4n) is 2.43. The fourth-order valence-corrected chi connectivity index (χ4v) is 2.60. The molecule has 1 aromatic heterocycles. The number of anilines is 1. The Labute approximate surface area is 155 Å². The summed E-state index contributed by atoms with van der Waals surface area (Å²) in [6.07, 6.45) is 1.64. The predicted octanol–water partition coefficient (Wildman–Crippen LogP) is 3.62. The van der Waals surface area contributed by atoms with Crippen LogP contribution in [0.25, 0.3) is 0 Å². The monoisotopic (exact) mass is 369 g/mol. The van der Waals surface area contributed by atoms with E-state index in [1.54, 1.807) is 48.7 Å². The van der Waals surface area contributed by atoms with E-state index in [0.717, 1.165) is 0 Å². The zero-order valence-corrected chi connectivity index (χ0v) is 14.7. The third-order valence-corrected chi connectivity index (χ3v) is 3.88. The van der Waals surface area contributed by atoms with Crippen LogP contribution in [0, 0.1) is 0 Å². The molecule has 1 amide bonds. The first-order valence-corrected chi connectivity index (χ1v) is 8.19. The highest BCUT2D eigenvalue weighted by Gasteiger charge is 2.17. The number of nitrogens with zero attached hydrogens (tertiary/aromatic N) is 2. The van der Waals surface area contributed by atoms with Gasteiger partial charge in [-0.25, -0.2) is 4.68 Å². The van der Waals surface area contributed by atoms with Crippen molar-refractivity contribution in [3.8, 4) is 0 Å². The lowest BCUT2D eigenvalue weighted by Crippen LogP contribution is -2.16. The summed E-state index contributed by atoms with van der Waals surface area (Å²) in [6, 6.07) is 15.1. The lowest BCUT2D eigenvalue weighted by Gasteiger charge is -2.10. The summed E-state index contributed by atoms with van der Waals surface area (Å²) in [5.41, 5.74) is 1.41. The van der Waals surface area contributed by atoms with Crippen LogP contribution in [0.15, 0.2) is 60.8 Å². The molecule has 0 aliphatic heterocycles. The van der Waals surface area contributed by atoms with Crippen molar-refractivity contribution in [1.82, 2.24) is 9.78 Å². The molecule has 0 saturated carbocycles. The number of rotatable bonds is 6. The van der Waals surface area contributed by atoms with Gasteiger partial charge in [-0.15, -0.1) is 0 Å². The van der Waals surface area contributed by atoms with Crippen LogP contribution in [0.1, 0.15) is 26.4 Å². The molecule has 0 unspecified atom stereocenters. The minimum Gasteiger partial charge on any atom is -0.362 e. The number of halogens is 1. The molecule has 3 aromatic rings. The summed E-state index contributed by atoms with van der Waals surface area (Å²) in [6.45, 7) is 0.242. The number of benzene rings is 2. The van der Waals surface area contributed by atoms with Crippen molar-refractivity contribution in [3.05, 3.63) is 82.6 Å². The SMILES string of the molecule is COCn1ccc(C(=O)Nc2ccc(Cl)cc2C(=O)c2ccccc2)n1. The van der Waals surface area contributed by atoms with Crippen molar-refractivity contribution in [2.45, 2.75) is 6.73 Å². The molecule has 0 radical (unpaired) electrons. The Morgan fingerprint density at radius 2 is 1.92 bits per heavy atom. The number of ether oxygens (including phenoxy) is 1. The third kappa shape index (κ3) is 3.99. The molecule has 3 rings (SSSR count). The first-order valence-electron chi connectivity index (χ1n) is 7.81. The van der Waals surface area contributed by atoms with Crippen molar-refractivity contribution in [3.63, 3.8) is 0 Å². The van der Waals surface area contributed by atoms with Gasteiger partial charge in [-0.2, -0.15) is 5.10 Å². The Morgan fingerprint density at radius 1 is 1.15 bits per heavy atom. The molecule has 0 aliphatic carbocycles. The molecule has 1 N–H and O–H groups in total. The number of hydrogen-bond donors (Lipinski definition) is 1. The molecule has 0 spiro atoms. The second-order valence-corrected chi connectivity index (χ2v) is 5.93. The minimum absolute atomic E-state index is 0.218. The number of carbonyl (C=O) groups excluding carboxylic acids is 2. The van der Waals surface area contributed by atoms with Crippen LogP contribution in [0.4, 0.5) is 5.69 Å². The van der Waals surface area contributed by atoms with E-state index in [1.807, 2.05) is 6.07 Å². The normalized spacial score (nSPS) is 10.5. The maximum Gasteiger partial charge on any atom is 0.276 e. The smallest absolute Gasteiger partial charge is 0.276 e. The van der Waals surface area contributed by atoms with E-state index >= 15 is 0 Å². The lowest BCUT2D eigenvalue weighted by atomic mass is 10.0. The lowest BCUT2D eigenvalue weighted by molar-refractivity contribution is 0.101. The van der Waals surface area contributed by atoms with Gasteiger partial charge in [0.05, 0.1) is 5.69 Å². The summed E-state index contributed by atoms with van der Waals surface area (Å²) in [7, 11) is 1.54. The van der Waals surface area contributed by atoms with Gasteiger partial charge < -0.3 is 10.1 Å². The molecule has 26 heavy (non-hydrogen) atoms. The van der Waals surface area contributed by atoms with Gasteiger partial charge in [0.1, 0.15) is 6.73 Å². The zero-order chi connectivity index (χ0) is 18.5. The Balaban J connectivity index is 1.88. The Hall–Kier alpha value is -2.96. The van der Waals surface area contributed by atoms with E-state index in [-0.39, 0.29) is 18.2 Å². The number of carbonyl (C=O) groups is 2. The van der Waals surface area contributed by atoms with E-state index in [2.05, 4.69) is 10.4 Å². The number of amides is 1. The van der Waals surface area contributed by atoms with Crippen LogP contribution in [-0.2, 0) is 11.5 Å². The number of aromatic nitrogens is 2. The van der Waals surface area contributed by atoms with Gasteiger partial charge in [0.15, 0.2) is 11.5 Å². The first kappa shape index (κ1) is 17.8. The highest BCUT2D eigenvalue weighted by molar-refractivity contribution is 6.31. The van der Waals surface area contributed by atoms with Crippen LogP contribution in [0.5, 0.6) is 0 Å². The molecule has 0 aliphatic rings. The largest absolute Gasteiger partial charge is 0.362 e. The van der Waals surface area contributed by atoms with Gasteiger partial charge >= 0.3 is 0 Å². The molecular formula is C19H16ClN3O3. The van der Waals surface area contributed by atoms with Gasteiger partial charge in [0.25, 0.3) is 5.91 Å². The summed E-state index contributed by atoms with van der Waals surface area (Å²) in [5, 5.41) is 7.25. The maximum absolute atomic E-state index is 12.8. The predicted molar refractivity (Wildman–Crippen MR) is 98.5 cm³/mol. The van der Waals surface area contributed by atoms with E-state index in [0.29, 0.717) is 21.8 Å². The summed E-state index contributed by atoms with van der Waals surface area (Å²) in [5.74, 6) is -0.655. The van der Waals surface area contributed by atoms with Crippen molar-refractivity contribution in [2.24, 2.45) is 0 Å². The highest BCUT2D eigenvalue weighted by Crippen LogP contribution is 2.24. The molecular weight excluding hydrogens is 354 g/mol. The van der Waals surface area contributed by atoms with E-state index in [1.165, 1.54) is 17.9 Å². The van der Waals surface area contributed by atoms with Gasteiger partial charge in [0, 0.05) is 29.5 Å². The number of hydrogen-bond acceptors (Lipinski definition) is 4. The average molecular weight is 370 g/mol. The highest BCUT2D eigenvalue weighted by atomic mass is 35.5. The summed E-state index contributed by atoms with van der Waals surface area (Å²) < 4.78 is 6.45. The molecule has 6 nitrogen and oxygen atoms in total. The molecule has 0 atom stereocenters. The maximum atomic E-state index is 12.8. The van der Waals surface area contributed by atoms with Crippen LogP contribution in [-0.4, -0.2) is 28.6 Å². The quantitative estimate of drug-likeness (QED) is 0.673. The van der Waals surface area contributed by atoms with Crippen molar-refractivity contribution >= 4 is 29.0 Å². The van der Waals surface area contributed by atoms with Crippen molar-refractivity contribution in [2.75, 3.05) is 12.4 Å². The number of nitrogens with one attached hydrogen (secondary N) is 1. The van der Waals surface area contributed by atoms with Crippen molar-refractivity contribution < 1.29 is 14.3 Å². The topological polar surface area (TPSA) is 73.2 Å². The first-order chi connectivity index (χ1) is 12.6. The van der Waals surface area contributed by atoms with Crippen LogP contribution in [0.3, 0.4) is 0 Å². The summed E-state index contributed by atoms with van der Waals surface area (Å²) >= 11 is 6.05. The van der Waals surface area contributed by atoms with Crippen molar-refractivity contribution in [1.29, 1.82) is 0 Å². The molecule has 0 fully saturated rings. The Kier molecular flexibility index (Phi) is 5.46. The van der Waals surface area contributed by atoms with Crippen LogP contribution >= 0.6 is 11.6 Å². The van der Waals surface area contributed by atoms with Crippen LogP contribution in [0.2, 0.25) is 5.02 Å². The number of methoxy groups -OCH3 is 1. The van der Waals surface area contributed by atoms with Gasteiger partial charge in [0.2, 0.25) is 0 Å². The van der Waals surface area contributed by atoms with E-state index in [9.17, 15) is 9.59 Å². The van der Waals surface area contributed by atoms with Gasteiger partial charge in [-0.1, -0.05) is 41.9 Å². The molecule has 132 valence electrons. The average Bonchev–Trinajstić information content (AvgIpc) is 3.12. The molecule has 1 heterocycles. The number of ketones is 1. The second-order valence-electron chi connectivity index (χ2n) is 5.50. The third-order valence-electron chi connectivity index (χ3n) is 3.65. The van der Waals surface area contributed by atoms with Gasteiger partial charge in [-0.05, 0) is 24.3 Å². The van der Waals surface area contributed by atoms with E-state index < -0.39 is 5.91 Å². The second kappa shape index (κ2) is 7.95. The van der Waals surface area contributed by atoms with Crippen LogP contribution < -0.4 is 5.32 Å². The summed E-state index contributed by atoms with van der Waals surface area (Å²) in [4.78, 5) is 25.2. The fraction of sp³-hybridized carbons (Fsp3) is 0.105. The molecule has 0 saturated heterocycles.